The van der Waals surface area contributed by atoms with Crippen LogP contribution in [0.3, 0.4) is 0 Å². The lowest BCUT2D eigenvalue weighted by Crippen LogP contribution is -2.29. The van der Waals surface area contributed by atoms with Crippen LogP contribution >= 0.6 is 0 Å². The number of piperidine rings is 1. The first kappa shape index (κ1) is 64.7. The lowest BCUT2D eigenvalue weighted by molar-refractivity contribution is 0.221. The van der Waals surface area contributed by atoms with Crippen molar-refractivity contribution in [3.63, 3.8) is 0 Å². The standard InChI is InChI=1S/C21H22N6.C19H18FN5.2C16H11F2N5O/c1-2-9-27(10-3-1)13-15-5-4-6-16(11-15)20-18-12-17(21-22-14-23-26-21)7-8-19(18)24-25-20;1-19(2,3)18-21-17(24-25-18)12-6-9-15-14(10-12)16(23-22-15)11-4-7-13(20)8-5-11;1-24-15-11(17)4-3-9(13(15)18)14-10-6-8(16-19-7-20-23-16)2-5-12(10)21-22-14;1-24-15-11(17)5-9(6-12(15)18)14-10-4-8(16-19-7-20-23-16)2-3-13(10)21-22-14/h4-8,11-12,14H,1-3,9-10,13H2,(H,24,25)(H,22,23,26);4-10H,1-3H3,(H,22,23)(H,21,24,25);2*2-7H,1H3,(H,21,22)(H,19,20,23). The topological polar surface area (TPSA) is 303 Å². The Morgan fingerprint density at radius 2 is 0.890 bits per heavy atom. The minimum atomic E-state index is -0.795. The lowest BCUT2D eigenvalue weighted by atomic mass is 9.96. The Balaban J connectivity index is 0.000000114. The van der Waals surface area contributed by atoms with E-state index in [1.54, 1.807) is 12.1 Å². The van der Waals surface area contributed by atoms with E-state index in [0.717, 1.165) is 102 Å². The van der Waals surface area contributed by atoms with Gasteiger partial charge < -0.3 is 9.47 Å². The van der Waals surface area contributed by atoms with Gasteiger partial charge in [0, 0.05) is 78.0 Å². The molecule has 1 saturated heterocycles. The van der Waals surface area contributed by atoms with Crippen LogP contribution in [0.1, 0.15) is 51.4 Å². The predicted molar refractivity (Wildman–Crippen MR) is 368 cm³/mol. The summed E-state index contributed by atoms with van der Waals surface area (Å²) in [6.07, 6.45) is 8.33. The van der Waals surface area contributed by atoms with E-state index in [4.69, 9.17) is 9.47 Å². The zero-order valence-electron chi connectivity index (χ0n) is 54.4. The fraction of sp³-hybridized carbons (Fsp3) is 0.167. The number of aromatic nitrogens is 20. The maximum atomic E-state index is 14.6. The van der Waals surface area contributed by atoms with Gasteiger partial charge in [-0.2, -0.15) is 40.8 Å². The fourth-order valence-electron chi connectivity index (χ4n) is 11.9. The van der Waals surface area contributed by atoms with Crippen molar-refractivity contribution >= 4 is 43.6 Å². The zero-order valence-corrected chi connectivity index (χ0v) is 54.4. The van der Waals surface area contributed by atoms with Gasteiger partial charge in [-0.1, -0.05) is 45.4 Å². The van der Waals surface area contributed by atoms with Crippen LogP contribution < -0.4 is 9.47 Å². The van der Waals surface area contributed by atoms with Gasteiger partial charge in [0.05, 0.1) is 47.7 Å². The first-order chi connectivity index (χ1) is 48.6. The fourth-order valence-corrected chi connectivity index (χ4v) is 11.9. The number of methoxy groups -OCH3 is 2. The van der Waals surface area contributed by atoms with Crippen molar-refractivity contribution in [1.29, 1.82) is 0 Å². The van der Waals surface area contributed by atoms with Gasteiger partial charge in [0.15, 0.2) is 58.1 Å². The SMILES string of the molecule is CC(C)(C)c1nc(-c2ccc3[nH]nc(-c4ccc(F)cc4)c3c2)n[nH]1.COc1c(F)cc(-c2n[nH]c3ccc(-c4ncn[nH]4)cc23)cc1F.COc1c(F)ccc(-c2n[nH]c3ccc(-c4ncn[nH]4)cc23)c1F.c1cc(CN2CCCCC2)cc(-c2n[nH]c3ccc(-c4ncn[nH]4)cc23)c1. The van der Waals surface area contributed by atoms with Gasteiger partial charge in [-0.05, 0) is 159 Å². The number of benzene rings is 8. The molecule has 1 aliphatic heterocycles. The molecule has 0 bridgehead atoms. The molecule has 1 fully saturated rings. The van der Waals surface area contributed by atoms with Gasteiger partial charge in [0.25, 0.3) is 0 Å². The predicted octanol–water partition coefficient (Wildman–Crippen LogP) is 15.1. The zero-order chi connectivity index (χ0) is 69.0. The number of hydrogen-bond donors (Lipinski definition) is 8. The monoisotopic (exact) mass is 1350 g/mol. The minimum absolute atomic E-state index is 0.0930. The van der Waals surface area contributed by atoms with Crippen LogP contribution in [0.15, 0.2) is 165 Å². The minimum Gasteiger partial charge on any atom is -0.491 e. The lowest BCUT2D eigenvalue weighted by Gasteiger charge is -2.26. The molecule has 0 radical (unpaired) electrons. The molecule has 0 spiro atoms. The molecule has 28 heteroatoms. The van der Waals surface area contributed by atoms with Gasteiger partial charge in [-0.25, -0.2) is 41.9 Å². The van der Waals surface area contributed by atoms with E-state index in [-0.39, 0.29) is 16.8 Å². The van der Waals surface area contributed by atoms with Crippen LogP contribution in [-0.2, 0) is 12.0 Å². The van der Waals surface area contributed by atoms with E-state index in [9.17, 15) is 22.0 Å². The maximum Gasteiger partial charge on any atom is 0.191 e. The van der Waals surface area contributed by atoms with Crippen molar-refractivity contribution in [2.24, 2.45) is 0 Å². The number of H-pyrrole nitrogens is 8. The summed E-state index contributed by atoms with van der Waals surface area (Å²) in [7, 11) is 2.44. The van der Waals surface area contributed by atoms with E-state index < -0.39 is 34.8 Å². The van der Waals surface area contributed by atoms with Gasteiger partial charge in [-0.3, -0.25) is 45.7 Å². The summed E-state index contributed by atoms with van der Waals surface area (Å²) in [5, 5.41) is 60.0. The van der Waals surface area contributed by atoms with Gasteiger partial charge in [-0.15, -0.1) is 0 Å². The van der Waals surface area contributed by atoms with Gasteiger partial charge in [0.2, 0.25) is 0 Å². The number of rotatable bonds is 12. The van der Waals surface area contributed by atoms with Crippen LogP contribution in [0.2, 0.25) is 0 Å². The smallest absolute Gasteiger partial charge is 0.191 e. The highest BCUT2D eigenvalue weighted by Crippen LogP contribution is 2.38. The summed E-state index contributed by atoms with van der Waals surface area (Å²) >= 11 is 0. The molecule has 0 saturated carbocycles. The largest absolute Gasteiger partial charge is 0.491 e. The number of ether oxygens (including phenoxy) is 2. The second-order valence-corrected chi connectivity index (χ2v) is 24.5. The number of nitrogens with zero attached hydrogens (tertiary/aromatic N) is 13. The number of likely N-dealkylation sites (tertiary alicyclic amines) is 1. The third-order valence-electron chi connectivity index (χ3n) is 16.9. The summed E-state index contributed by atoms with van der Waals surface area (Å²) in [4.78, 5) is 19.6. The normalized spacial score (nSPS) is 12.5. The third-order valence-corrected chi connectivity index (χ3v) is 16.9. The number of nitrogens with one attached hydrogen (secondary N) is 8. The molecule has 0 unspecified atom stereocenters. The molecule has 8 N–H and O–H groups in total. The van der Waals surface area contributed by atoms with E-state index in [2.05, 4.69) is 158 Å². The summed E-state index contributed by atoms with van der Waals surface area (Å²) in [5.74, 6) is -0.801. The number of halogens is 5. The van der Waals surface area contributed by atoms with E-state index >= 15 is 0 Å². The van der Waals surface area contributed by atoms with Crippen LogP contribution in [0.5, 0.6) is 11.5 Å². The Kier molecular flexibility index (Phi) is 18.0. The van der Waals surface area contributed by atoms with Crippen LogP contribution in [0.4, 0.5) is 22.0 Å². The summed E-state index contributed by atoms with van der Waals surface area (Å²) in [6.45, 7) is 9.68. The molecular formula is C72H62F5N21O2. The first-order valence-corrected chi connectivity index (χ1v) is 31.7. The van der Waals surface area contributed by atoms with E-state index in [1.807, 2.05) is 66.7 Å². The average molecular weight is 1350 g/mol. The van der Waals surface area contributed by atoms with Crippen molar-refractivity contribution in [2.75, 3.05) is 27.3 Å². The first-order valence-electron chi connectivity index (χ1n) is 31.7. The Hall–Kier alpha value is -12.6. The molecule has 0 atom stereocenters. The third kappa shape index (κ3) is 13.5. The summed E-state index contributed by atoms with van der Waals surface area (Å²) < 4.78 is 78.8. The van der Waals surface area contributed by atoms with Crippen molar-refractivity contribution < 1.29 is 31.4 Å². The van der Waals surface area contributed by atoms with E-state index in [0.29, 0.717) is 45.2 Å². The van der Waals surface area contributed by atoms with Gasteiger partial charge in [0.1, 0.15) is 42.0 Å². The quantitative estimate of drug-likeness (QED) is 0.0527. The van der Waals surface area contributed by atoms with Crippen LogP contribution in [-0.4, -0.2) is 134 Å². The second kappa shape index (κ2) is 27.9. The summed E-state index contributed by atoms with van der Waals surface area (Å²) in [6, 6.07) is 43.0. The van der Waals surface area contributed by atoms with E-state index in [1.165, 1.54) is 101 Å². The molecule has 100 heavy (non-hydrogen) atoms. The molecule has 8 aromatic carbocycles. The Labute approximate surface area is 565 Å². The van der Waals surface area contributed by atoms with Crippen molar-refractivity contribution in [2.45, 2.75) is 52.0 Å². The summed E-state index contributed by atoms with van der Waals surface area (Å²) in [5.41, 5.74) is 13.1. The molecule has 23 nitrogen and oxygen atoms in total. The Morgan fingerprint density at radius 1 is 0.420 bits per heavy atom. The van der Waals surface area contributed by atoms with Crippen LogP contribution in [0.25, 0.3) is 134 Å². The highest BCUT2D eigenvalue weighted by Gasteiger charge is 2.23. The molecule has 502 valence electrons. The Morgan fingerprint density at radius 3 is 1.38 bits per heavy atom. The molecular weight excluding hydrogens is 1290 g/mol. The highest BCUT2D eigenvalue weighted by molar-refractivity contribution is 5.98. The number of aromatic amines is 8. The van der Waals surface area contributed by atoms with Gasteiger partial charge >= 0.3 is 0 Å². The second-order valence-electron chi connectivity index (χ2n) is 24.5. The molecule has 9 heterocycles. The molecule has 17 rings (SSSR count). The molecule has 8 aromatic heterocycles. The van der Waals surface area contributed by atoms with Crippen molar-refractivity contribution in [3.8, 4) is 102 Å². The maximum absolute atomic E-state index is 14.6. The van der Waals surface area contributed by atoms with Crippen molar-refractivity contribution in [1.82, 2.24) is 106 Å². The highest BCUT2D eigenvalue weighted by atomic mass is 19.1. The average Bonchev–Trinajstić information content (AvgIpc) is 1.63. The number of hydrogen-bond acceptors (Lipinski definition) is 15. The molecule has 1 aliphatic rings. The molecule has 0 amide bonds. The van der Waals surface area contributed by atoms with Crippen LogP contribution in [0, 0.1) is 29.1 Å². The number of fused-ring (bicyclic) bond motifs is 4. The molecule has 16 aromatic rings. The molecule has 0 aliphatic carbocycles. The van der Waals surface area contributed by atoms with Crippen molar-refractivity contribution in [3.05, 3.63) is 205 Å². The Bertz CT molecular complexity index is 5470.